The third kappa shape index (κ3) is 7.27. The van der Waals surface area contributed by atoms with Crippen molar-refractivity contribution < 1.29 is 33.3 Å². The molecule has 2 aromatic rings. The Balaban J connectivity index is 1.70. The predicted molar refractivity (Wildman–Crippen MR) is 156 cm³/mol. The maximum Gasteiger partial charge on any atom is 0.338 e. The summed E-state index contributed by atoms with van der Waals surface area (Å²) < 4.78 is 23.6. The van der Waals surface area contributed by atoms with Crippen LogP contribution >= 0.6 is 45.2 Å². The molecule has 11 nitrogen and oxygen atoms in total. The van der Waals surface area contributed by atoms with Crippen LogP contribution in [-0.4, -0.2) is 51.6 Å². The number of urea groups is 1. The van der Waals surface area contributed by atoms with Crippen molar-refractivity contribution in [1.29, 1.82) is 0 Å². The minimum atomic E-state index is -0.760. The molecule has 0 unspecified atom stereocenters. The Labute approximate surface area is 247 Å². The summed E-state index contributed by atoms with van der Waals surface area (Å²) in [5.41, 5.74) is 4.39. The molecule has 2 aromatic carbocycles. The maximum atomic E-state index is 12.6. The van der Waals surface area contributed by atoms with Gasteiger partial charge in [-0.1, -0.05) is 6.07 Å². The molecule has 0 aliphatic carbocycles. The number of carbonyl (C=O) groups excluding carboxylic acids is 3. The average Bonchev–Trinajstić information content (AvgIpc) is 2.86. The summed E-state index contributed by atoms with van der Waals surface area (Å²) in [6, 6.07) is 7.53. The van der Waals surface area contributed by atoms with Gasteiger partial charge in [0.25, 0.3) is 5.91 Å². The molecule has 1 heterocycles. The summed E-state index contributed by atoms with van der Waals surface area (Å²) in [4.78, 5) is 37.0. The highest BCUT2D eigenvalue weighted by molar-refractivity contribution is 14.1. The number of amides is 3. The molecule has 0 bridgehead atoms. The minimum Gasteiger partial charge on any atom is -0.495 e. The van der Waals surface area contributed by atoms with Crippen molar-refractivity contribution in [2.45, 2.75) is 19.9 Å². The molecule has 3 amide bonds. The quantitative estimate of drug-likeness (QED) is 0.146. The lowest BCUT2D eigenvalue weighted by atomic mass is 9.95. The summed E-state index contributed by atoms with van der Waals surface area (Å²) in [6.45, 7) is 3.19. The van der Waals surface area contributed by atoms with Gasteiger partial charge in [0.05, 0.1) is 42.2 Å². The fourth-order valence-electron chi connectivity index (χ4n) is 3.65. The van der Waals surface area contributed by atoms with Crippen LogP contribution in [0.25, 0.3) is 0 Å². The Morgan fingerprint density at radius 3 is 2.58 bits per heavy atom. The Morgan fingerprint density at radius 1 is 1.13 bits per heavy atom. The van der Waals surface area contributed by atoms with Gasteiger partial charge < -0.3 is 29.6 Å². The number of halogens is 2. The molecule has 1 aliphatic rings. The lowest BCUT2D eigenvalue weighted by molar-refractivity contribution is -0.139. The molecule has 0 aromatic heterocycles. The molecule has 3 N–H and O–H groups in total. The van der Waals surface area contributed by atoms with E-state index < -0.39 is 23.9 Å². The van der Waals surface area contributed by atoms with Crippen LogP contribution in [0, 0.1) is 7.14 Å². The topological polar surface area (TPSA) is 137 Å². The number of allylic oxidation sites excluding steroid dienone is 1. The second-order valence-electron chi connectivity index (χ2n) is 7.79. The van der Waals surface area contributed by atoms with Gasteiger partial charge in [-0.3, -0.25) is 4.79 Å². The third-order valence-electron chi connectivity index (χ3n) is 5.28. The number of rotatable bonds is 10. The Kier molecular flexibility index (Phi) is 10.6. The molecular weight excluding hydrogens is 722 g/mol. The van der Waals surface area contributed by atoms with Gasteiger partial charge in [0.15, 0.2) is 18.1 Å². The number of nitrogens with one attached hydrogen (secondary N) is 3. The Hall–Kier alpha value is -3.08. The first-order chi connectivity index (χ1) is 18.2. The molecule has 0 fully saturated rings. The van der Waals surface area contributed by atoms with Gasteiger partial charge in [0, 0.05) is 14.8 Å². The fraction of sp³-hybridized carbons (Fsp3) is 0.280. The minimum absolute atomic E-state index is 0.190. The highest BCUT2D eigenvalue weighted by Gasteiger charge is 2.32. The number of ether oxygens (including phenoxy) is 4. The summed E-state index contributed by atoms with van der Waals surface area (Å²) >= 11 is 4.36. The lowest BCUT2D eigenvalue weighted by Crippen LogP contribution is -2.45. The largest absolute Gasteiger partial charge is 0.495 e. The number of nitrogens with zero attached hydrogens (tertiary/aromatic N) is 1. The summed E-state index contributed by atoms with van der Waals surface area (Å²) in [5.74, 6) is 0.233. The molecule has 202 valence electrons. The van der Waals surface area contributed by atoms with Gasteiger partial charge in [-0.05, 0) is 88.9 Å². The molecule has 0 radical (unpaired) electrons. The number of hydrogen-bond acceptors (Lipinski definition) is 8. The number of hydrazone groups is 1. The Morgan fingerprint density at radius 2 is 1.89 bits per heavy atom. The predicted octanol–water partition coefficient (Wildman–Crippen LogP) is 3.63. The van der Waals surface area contributed by atoms with Crippen LogP contribution in [0.15, 0.2) is 46.7 Å². The summed E-state index contributed by atoms with van der Waals surface area (Å²) in [5, 5.41) is 9.32. The second-order valence-corrected chi connectivity index (χ2v) is 10.2. The summed E-state index contributed by atoms with van der Waals surface area (Å²) in [6.07, 6.45) is 1.50. The highest BCUT2D eigenvalue weighted by atomic mass is 127. The molecule has 0 saturated heterocycles. The van der Waals surface area contributed by atoms with Crippen molar-refractivity contribution >= 4 is 69.3 Å². The first kappa shape index (κ1) is 29.5. The zero-order valence-corrected chi connectivity index (χ0v) is 25.3. The van der Waals surface area contributed by atoms with E-state index in [0.29, 0.717) is 28.5 Å². The van der Waals surface area contributed by atoms with Gasteiger partial charge in [-0.15, -0.1) is 0 Å². The molecule has 0 saturated carbocycles. The first-order valence-electron chi connectivity index (χ1n) is 11.3. The van der Waals surface area contributed by atoms with Crippen molar-refractivity contribution in [3.8, 4) is 17.2 Å². The van der Waals surface area contributed by atoms with Crippen LogP contribution in [0.5, 0.6) is 17.2 Å². The molecule has 0 spiro atoms. The van der Waals surface area contributed by atoms with E-state index in [1.807, 2.05) is 12.1 Å². The zero-order valence-electron chi connectivity index (χ0n) is 21.0. The number of benzene rings is 2. The average molecular weight is 748 g/mol. The van der Waals surface area contributed by atoms with Crippen LogP contribution in [0.2, 0.25) is 0 Å². The van der Waals surface area contributed by atoms with Crippen molar-refractivity contribution in [2.75, 3.05) is 27.4 Å². The molecule has 1 atom stereocenters. The zero-order chi connectivity index (χ0) is 27.8. The molecule has 38 heavy (non-hydrogen) atoms. The van der Waals surface area contributed by atoms with Crippen LogP contribution in [-0.2, 0) is 14.3 Å². The highest BCUT2D eigenvalue weighted by Crippen LogP contribution is 2.34. The molecular formula is C25H26I2N4O7. The van der Waals surface area contributed by atoms with Gasteiger partial charge in [-0.25, -0.2) is 15.0 Å². The monoisotopic (exact) mass is 748 g/mol. The van der Waals surface area contributed by atoms with E-state index in [1.165, 1.54) is 13.3 Å². The first-order valence-corrected chi connectivity index (χ1v) is 13.4. The van der Waals surface area contributed by atoms with Gasteiger partial charge >= 0.3 is 12.0 Å². The van der Waals surface area contributed by atoms with E-state index >= 15 is 0 Å². The molecule has 3 rings (SSSR count). The van der Waals surface area contributed by atoms with Crippen LogP contribution < -0.4 is 30.3 Å². The standard InChI is InChI=1S/C25H26I2N4O7/c1-5-37-24(33)21-13(2)29-25(34)30-22(21)14-6-7-18(19(9-14)35-3)38-12-20(32)31-28-11-15-8-16(26)10-17(27)23(15)36-4/h6-11,22H,5,12H2,1-4H3,(H,31,32)(H2,29,30,34)/b28-11+/t22-/m1/s1. The van der Waals surface area contributed by atoms with Crippen LogP contribution in [0.4, 0.5) is 4.79 Å². The van der Waals surface area contributed by atoms with Gasteiger partial charge in [0.2, 0.25) is 0 Å². The van der Waals surface area contributed by atoms with Crippen molar-refractivity contribution in [1.82, 2.24) is 16.1 Å². The van der Waals surface area contributed by atoms with E-state index in [4.69, 9.17) is 18.9 Å². The van der Waals surface area contributed by atoms with E-state index in [2.05, 4.69) is 66.3 Å². The number of methoxy groups -OCH3 is 2. The normalized spacial score (nSPS) is 15.0. The van der Waals surface area contributed by atoms with E-state index in [0.717, 1.165) is 12.7 Å². The van der Waals surface area contributed by atoms with E-state index in [-0.39, 0.29) is 18.8 Å². The van der Waals surface area contributed by atoms with E-state index in [1.54, 1.807) is 39.2 Å². The van der Waals surface area contributed by atoms with Gasteiger partial charge in [0.1, 0.15) is 5.75 Å². The maximum absolute atomic E-state index is 12.6. The van der Waals surface area contributed by atoms with Gasteiger partial charge in [-0.2, -0.15) is 5.10 Å². The van der Waals surface area contributed by atoms with Crippen molar-refractivity contribution in [3.05, 3.63) is 59.9 Å². The number of esters is 1. The van der Waals surface area contributed by atoms with Crippen molar-refractivity contribution in [3.63, 3.8) is 0 Å². The van der Waals surface area contributed by atoms with Crippen LogP contribution in [0.3, 0.4) is 0 Å². The molecule has 13 heteroatoms. The number of carbonyl (C=O) groups is 3. The third-order valence-corrected chi connectivity index (χ3v) is 6.70. The smallest absolute Gasteiger partial charge is 0.338 e. The SMILES string of the molecule is CCOC(=O)C1=C(C)NC(=O)N[C@@H]1c1ccc(OCC(=O)N/N=C/c2cc(I)cc(I)c2OC)c(OC)c1. The fourth-order valence-corrected chi connectivity index (χ4v) is 5.76. The summed E-state index contributed by atoms with van der Waals surface area (Å²) in [7, 11) is 3.02. The second kappa shape index (κ2) is 13.6. The van der Waals surface area contributed by atoms with E-state index in [9.17, 15) is 14.4 Å². The van der Waals surface area contributed by atoms with Crippen molar-refractivity contribution in [2.24, 2.45) is 5.10 Å². The van der Waals surface area contributed by atoms with Crippen LogP contribution in [0.1, 0.15) is 31.0 Å². The number of hydrogen-bond donors (Lipinski definition) is 3. The lowest BCUT2D eigenvalue weighted by Gasteiger charge is -2.28. The Bertz CT molecular complexity index is 1300. The molecule has 1 aliphatic heterocycles.